The smallest absolute Gasteiger partial charge is 0.297 e. The number of ether oxygens (including phenoxy) is 1. The highest BCUT2D eigenvalue weighted by Gasteiger charge is 2.34. The molecule has 0 radical (unpaired) electrons. The maximum atomic E-state index is 11.3. The Labute approximate surface area is 92.7 Å². The molecule has 0 aromatic rings. The molecule has 0 aromatic heterocycles. The van der Waals surface area contributed by atoms with Crippen molar-refractivity contribution in [2.75, 3.05) is 13.2 Å². The molecule has 0 aromatic carbocycles. The second-order valence-electron chi connectivity index (χ2n) is 3.51. The molecule has 1 aliphatic rings. The second-order valence-corrected chi connectivity index (χ2v) is 3.90. The molecule has 0 aliphatic carbocycles. The Morgan fingerprint density at radius 1 is 1.71 bits per heavy atom. The minimum absolute atomic E-state index is 0.178. The molecule has 1 rings (SSSR count). The van der Waals surface area contributed by atoms with Crippen molar-refractivity contribution in [1.82, 2.24) is 5.32 Å². The predicted octanol–water partition coefficient (Wildman–Crippen LogP) is 1.42. The van der Waals surface area contributed by atoms with Crippen molar-refractivity contribution in [3.63, 3.8) is 0 Å². The van der Waals surface area contributed by atoms with E-state index in [0.29, 0.717) is 6.61 Å². The summed E-state index contributed by atoms with van der Waals surface area (Å²) in [5, 5.41) is 2.93. The van der Waals surface area contributed by atoms with Gasteiger partial charge >= 0.3 is 0 Å². The molecule has 0 saturated carbocycles. The quantitative estimate of drug-likeness (QED) is 0.779. The number of amides is 1. The van der Waals surface area contributed by atoms with Crippen LogP contribution in [-0.2, 0) is 9.53 Å². The Kier molecular flexibility index (Phi) is 4.43. The molecule has 1 fully saturated rings. The van der Waals surface area contributed by atoms with Crippen molar-refractivity contribution in [3.8, 4) is 10.8 Å². The van der Waals surface area contributed by atoms with E-state index in [0.717, 1.165) is 25.9 Å². The van der Waals surface area contributed by atoms with Crippen LogP contribution in [0.25, 0.3) is 0 Å². The van der Waals surface area contributed by atoms with Gasteiger partial charge in [-0.15, -0.1) is 0 Å². The van der Waals surface area contributed by atoms with Crippen molar-refractivity contribution in [2.45, 2.75) is 31.7 Å². The van der Waals surface area contributed by atoms with E-state index in [1.165, 1.54) is 0 Å². The third kappa shape index (κ3) is 3.00. The first-order valence-corrected chi connectivity index (χ1v) is 5.53. The van der Waals surface area contributed by atoms with Gasteiger partial charge in [0, 0.05) is 28.5 Å². The van der Waals surface area contributed by atoms with E-state index in [1.54, 1.807) is 0 Å². The fraction of sp³-hybridized carbons (Fsp3) is 0.700. The Morgan fingerprint density at radius 2 is 2.50 bits per heavy atom. The number of carbonyl (C=O) groups is 1. The molecule has 1 N–H and O–H groups in total. The fourth-order valence-corrected chi connectivity index (χ4v) is 1.94. The highest BCUT2D eigenvalue weighted by atomic mass is 79.9. The standard InChI is InChI=1S/C10H14BrNO2/c1-2-4-10(5-7-14-8-10)12-9(13)3-6-11/h2,4-5,7-8H2,1H3,(H,12,13). The molecule has 0 bridgehead atoms. The number of hydrogen-bond acceptors (Lipinski definition) is 2. The van der Waals surface area contributed by atoms with E-state index in [1.807, 2.05) is 0 Å². The monoisotopic (exact) mass is 259 g/mol. The molecule has 1 heterocycles. The molecular weight excluding hydrogens is 246 g/mol. The van der Waals surface area contributed by atoms with E-state index in [-0.39, 0.29) is 11.4 Å². The number of halogens is 1. The largest absolute Gasteiger partial charge is 0.379 e. The molecule has 1 aliphatic heterocycles. The molecule has 1 unspecified atom stereocenters. The Balaban J connectivity index is 2.58. The molecule has 0 spiro atoms. The number of carbonyl (C=O) groups excluding carboxylic acids is 1. The minimum Gasteiger partial charge on any atom is -0.379 e. The van der Waals surface area contributed by atoms with Crippen molar-refractivity contribution < 1.29 is 9.53 Å². The molecule has 78 valence electrons. The summed E-state index contributed by atoms with van der Waals surface area (Å²) in [5.74, 6) is 2.18. The van der Waals surface area contributed by atoms with Crippen LogP contribution >= 0.6 is 15.9 Å². The van der Waals surface area contributed by atoms with E-state index < -0.39 is 0 Å². The number of nitrogens with one attached hydrogen (secondary N) is 1. The average Bonchev–Trinajstić information content (AvgIpc) is 2.54. The molecule has 14 heavy (non-hydrogen) atoms. The summed E-state index contributed by atoms with van der Waals surface area (Å²) in [4.78, 5) is 13.7. The Morgan fingerprint density at radius 3 is 3.00 bits per heavy atom. The van der Waals surface area contributed by atoms with Crippen molar-refractivity contribution in [3.05, 3.63) is 0 Å². The lowest BCUT2D eigenvalue weighted by Gasteiger charge is -2.27. The van der Waals surface area contributed by atoms with Gasteiger partial charge in [-0.3, -0.25) is 4.79 Å². The third-order valence-corrected chi connectivity index (χ3v) is 2.57. The molecule has 1 amide bonds. The SMILES string of the molecule is CCCC1(NC(=O)C#CBr)CCOC1. The zero-order valence-electron chi connectivity index (χ0n) is 8.23. The van der Waals surface area contributed by atoms with Gasteiger partial charge in [0.05, 0.1) is 12.1 Å². The number of hydrogen-bond donors (Lipinski definition) is 1. The van der Waals surface area contributed by atoms with Crippen molar-refractivity contribution in [2.24, 2.45) is 0 Å². The van der Waals surface area contributed by atoms with Gasteiger partial charge in [-0.2, -0.15) is 0 Å². The Hall–Kier alpha value is -0.530. The fourth-order valence-electron chi connectivity index (χ4n) is 1.76. The predicted molar refractivity (Wildman–Crippen MR) is 57.9 cm³/mol. The Bertz CT molecular complexity index is 261. The summed E-state index contributed by atoms with van der Waals surface area (Å²) in [6, 6.07) is 0. The zero-order chi connectivity index (χ0) is 10.4. The van der Waals surface area contributed by atoms with Gasteiger partial charge in [-0.1, -0.05) is 13.3 Å². The highest BCUT2D eigenvalue weighted by molar-refractivity contribution is 9.12. The van der Waals surface area contributed by atoms with Gasteiger partial charge in [-0.05, 0) is 17.7 Å². The topological polar surface area (TPSA) is 38.3 Å². The minimum atomic E-state index is -0.235. The van der Waals surface area contributed by atoms with Crippen LogP contribution in [0.5, 0.6) is 0 Å². The highest BCUT2D eigenvalue weighted by Crippen LogP contribution is 2.23. The van der Waals surface area contributed by atoms with Crippen LogP contribution in [0.3, 0.4) is 0 Å². The lowest BCUT2D eigenvalue weighted by molar-refractivity contribution is -0.117. The van der Waals surface area contributed by atoms with Crippen molar-refractivity contribution >= 4 is 21.8 Å². The second kappa shape index (κ2) is 5.38. The normalized spacial score (nSPS) is 25.3. The molecule has 4 heteroatoms. The zero-order valence-corrected chi connectivity index (χ0v) is 9.82. The van der Waals surface area contributed by atoms with Crippen molar-refractivity contribution in [1.29, 1.82) is 0 Å². The van der Waals surface area contributed by atoms with Gasteiger partial charge in [0.25, 0.3) is 5.91 Å². The lowest BCUT2D eigenvalue weighted by atomic mass is 9.93. The summed E-state index contributed by atoms with van der Waals surface area (Å²) in [6.07, 6.45) is 2.87. The lowest BCUT2D eigenvalue weighted by Crippen LogP contribution is -2.48. The van der Waals surface area contributed by atoms with Crippen LogP contribution < -0.4 is 5.32 Å². The van der Waals surface area contributed by atoms with E-state index >= 15 is 0 Å². The van der Waals surface area contributed by atoms with Gasteiger partial charge in [0.15, 0.2) is 0 Å². The van der Waals surface area contributed by atoms with Crippen LogP contribution in [0, 0.1) is 10.8 Å². The number of rotatable bonds is 3. The first-order chi connectivity index (χ1) is 6.72. The van der Waals surface area contributed by atoms with Gasteiger partial charge < -0.3 is 10.1 Å². The molecule has 1 atom stereocenters. The van der Waals surface area contributed by atoms with Crippen LogP contribution in [0.1, 0.15) is 26.2 Å². The van der Waals surface area contributed by atoms with Crippen LogP contribution in [0.2, 0.25) is 0 Å². The molecular formula is C10H14BrNO2. The third-order valence-electron chi connectivity index (χ3n) is 2.37. The van der Waals surface area contributed by atoms with Gasteiger partial charge in [0.1, 0.15) is 0 Å². The van der Waals surface area contributed by atoms with Crippen LogP contribution in [0.4, 0.5) is 0 Å². The first-order valence-electron chi connectivity index (χ1n) is 4.74. The molecule has 1 saturated heterocycles. The summed E-state index contributed by atoms with van der Waals surface area (Å²) in [5.41, 5.74) is -0.178. The maximum Gasteiger partial charge on any atom is 0.297 e. The van der Waals surface area contributed by atoms with Crippen LogP contribution in [0.15, 0.2) is 0 Å². The summed E-state index contributed by atoms with van der Waals surface area (Å²) < 4.78 is 5.32. The average molecular weight is 260 g/mol. The summed E-state index contributed by atoms with van der Waals surface area (Å²) in [7, 11) is 0. The first kappa shape index (κ1) is 11.5. The van der Waals surface area contributed by atoms with E-state index in [9.17, 15) is 4.79 Å². The van der Waals surface area contributed by atoms with Gasteiger partial charge in [0.2, 0.25) is 0 Å². The summed E-state index contributed by atoms with van der Waals surface area (Å²) in [6.45, 7) is 3.43. The van der Waals surface area contributed by atoms with E-state index in [2.05, 4.69) is 38.9 Å². The molecule has 3 nitrogen and oxygen atoms in total. The van der Waals surface area contributed by atoms with Gasteiger partial charge in [-0.25, -0.2) is 0 Å². The van der Waals surface area contributed by atoms with Crippen LogP contribution in [-0.4, -0.2) is 24.7 Å². The van der Waals surface area contributed by atoms with E-state index in [4.69, 9.17) is 4.74 Å². The summed E-state index contributed by atoms with van der Waals surface area (Å²) >= 11 is 2.90. The maximum absolute atomic E-state index is 11.3.